The van der Waals surface area contributed by atoms with Crippen LogP contribution >= 0.6 is 0 Å². The van der Waals surface area contributed by atoms with Gasteiger partial charge in [-0.3, -0.25) is 4.72 Å². The van der Waals surface area contributed by atoms with Crippen molar-refractivity contribution < 1.29 is 16.8 Å². The topological polar surface area (TPSA) is 130 Å². The monoisotopic (exact) mass is 363 g/mol. The van der Waals surface area contributed by atoms with E-state index in [1.54, 1.807) is 24.3 Å². The number of nitrogens with one attached hydrogen (secondary N) is 1. The van der Waals surface area contributed by atoms with E-state index in [9.17, 15) is 16.8 Å². The summed E-state index contributed by atoms with van der Waals surface area (Å²) in [7, 11) is -8.01. The summed E-state index contributed by atoms with van der Waals surface area (Å²) in [5, 5.41) is 14.7. The summed E-state index contributed by atoms with van der Waals surface area (Å²) in [6.07, 6.45) is 1.32. The van der Waals surface area contributed by atoms with E-state index in [2.05, 4.69) is 4.72 Å². The van der Waals surface area contributed by atoms with Crippen LogP contribution in [0.1, 0.15) is 11.1 Å². The summed E-state index contributed by atoms with van der Waals surface area (Å²) in [5.41, 5.74) is 0.888. The van der Waals surface area contributed by atoms with Gasteiger partial charge in [0.2, 0.25) is 10.0 Å². The lowest BCUT2D eigenvalue weighted by Gasteiger charge is -2.08. The van der Waals surface area contributed by atoms with Crippen LogP contribution in [-0.2, 0) is 20.0 Å². The number of para-hydroxylation sites is 1. The molecule has 0 unspecified atom stereocenters. The van der Waals surface area contributed by atoms with Crippen LogP contribution in [0.25, 0.3) is 6.08 Å². The Morgan fingerprint density at radius 3 is 2.21 bits per heavy atom. The first kappa shape index (κ1) is 17.7. The number of primary sulfonamides is 1. The Balaban J connectivity index is 2.26. The van der Waals surface area contributed by atoms with Gasteiger partial charge in [0.15, 0.2) is 0 Å². The highest BCUT2D eigenvalue weighted by Gasteiger charge is 2.16. The van der Waals surface area contributed by atoms with E-state index in [1.165, 1.54) is 30.3 Å². The third-order valence-electron chi connectivity index (χ3n) is 2.93. The molecule has 9 heteroatoms. The Morgan fingerprint density at radius 1 is 1.00 bits per heavy atom. The third kappa shape index (κ3) is 4.66. The summed E-state index contributed by atoms with van der Waals surface area (Å²) in [5.74, 6) is 0. The largest absolute Gasteiger partial charge is 0.279 e. The molecule has 2 rings (SSSR count). The lowest BCUT2D eigenvalue weighted by Crippen LogP contribution is -2.17. The number of anilines is 1. The predicted molar refractivity (Wildman–Crippen MR) is 90.5 cm³/mol. The minimum atomic E-state index is -4.06. The first-order valence-corrected chi connectivity index (χ1v) is 9.63. The number of nitrogens with two attached hydrogens (primary N) is 1. The molecule has 0 amide bonds. The van der Waals surface area contributed by atoms with Crippen LogP contribution in [0.4, 0.5) is 5.69 Å². The van der Waals surface area contributed by atoms with Gasteiger partial charge < -0.3 is 0 Å². The van der Waals surface area contributed by atoms with Gasteiger partial charge in [0.1, 0.15) is 4.90 Å². The van der Waals surface area contributed by atoms with Crippen LogP contribution in [0, 0.1) is 11.3 Å². The summed E-state index contributed by atoms with van der Waals surface area (Å²) in [4.78, 5) is -0.319. The molecule has 0 aliphatic heterocycles. The van der Waals surface area contributed by atoms with Gasteiger partial charge in [-0.1, -0.05) is 24.3 Å². The molecule has 2 aromatic carbocycles. The van der Waals surface area contributed by atoms with Crippen molar-refractivity contribution in [2.45, 2.75) is 4.90 Å². The average Bonchev–Trinajstić information content (AvgIpc) is 2.52. The lowest BCUT2D eigenvalue weighted by atomic mass is 10.1. The Bertz CT molecular complexity index is 1020. The van der Waals surface area contributed by atoms with Gasteiger partial charge >= 0.3 is 0 Å². The van der Waals surface area contributed by atoms with Crippen LogP contribution in [0.5, 0.6) is 0 Å². The molecule has 0 fully saturated rings. The van der Waals surface area contributed by atoms with E-state index >= 15 is 0 Å². The highest BCUT2D eigenvalue weighted by molar-refractivity contribution is 7.95. The lowest BCUT2D eigenvalue weighted by molar-refractivity contribution is 0.598. The van der Waals surface area contributed by atoms with E-state index < -0.39 is 20.0 Å². The molecule has 7 nitrogen and oxygen atoms in total. The maximum atomic E-state index is 12.1. The maximum Gasteiger partial charge on any atom is 0.255 e. The smallest absolute Gasteiger partial charge is 0.255 e. The van der Waals surface area contributed by atoms with Crippen LogP contribution in [0.2, 0.25) is 0 Å². The molecule has 3 N–H and O–H groups in total. The number of sulfonamides is 2. The molecule has 0 atom stereocenters. The summed E-state index contributed by atoms with van der Waals surface area (Å²) < 4.78 is 49.3. The molecule has 124 valence electrons. The van der Waals surface area contributed by atoms with Crippen LogP contribution < -0.4 is 9.86 Å². The van der Waals surface area contributed by atoms with Gasteiger partial charge in [0.25, 0.3) is 10.0 Å². The van der Waals surface area contributed by atoms with Crippen molar-refractivity contribution in [2.75, 3.05) is 4.72 Å². The minimum absolute atomic E-state index is 0.135. The number of hydrogen-bond acceptors (Lipinski definition) is 5. The van der Waals surface area contributed by atoms with E-state index in [-0.39, 0.29) is 10.6 Å². The second kappa shape index (κ2) is 6.84. The molecule has 24 heavy (non-hydrogen) atoms. The number of benzene rings is 2. The second-order valence-corrected chi connectivity index (χ2v) is 7.82. The van der Waals surface area contributed by atoms with E-state index in [1.807, 2.05) is 6.07 Å². The first-order chi connectivity index (χ1) is 11.2. The molecule has 0 aromatic heterocycles. The van der Waals surface area contributed by atoms with Gasteiger partial charge in [-0.15, -0.1) is 0 Å². The molecule has 0 bridgehead atoms. The highest BCUT2D eigenvalue weighted by atomic mass is 32.2. The van der Waals surface area contributed by atoms with Crippen LogP contribution in [-0.4, -0.2) is 16.8 Å². The van der Waals surface area contributed by atoms with Gasteiger partial charge in [0, 0.05) is 0 Å². The van der Waals surface area contributed by atoms with E-state index in [4.69, 9.17) is 10.4 Å². The van der Waals surface area contributed by atoms with Gasteiger partial charge in [-0.2, -0.15) is 5.26 Å². The Kier molecular flexibility index (Phi) is 5.04. The zero-order valence-corrected chi connectivity index (χ0v) is 13.9. The maximum absolute atomic E-state index is 12.1. The SMILES string of the molecule is N#Cc1ccc(/C=C/S(=O)(=O)Nc2ccccc2S(N)(=O)=O)cc1. The average molecular weight is 363 g/mol. The number of nitriles is 1. The number of rotatable bonds is 5. The van der Waals surface area contributed by atoms with E-state index in [0.717, 1.165) is 5.41 Å². The number of hydrogen-bond donors (Lipinski definition) is 2. The minimum Gasteiger partial charge on any atom is -0.279 e. The zero-order valence-electron chi connectivity index (χ0n) is 12.2. The molecular weight excluding hydrogens is 350 g/mol. The number of nitrogens with zero attached hydrogens (tertiary/aromatic N) is 1. The van der Waals surface area contributed by atoms with Crippen molar-refractivity contribution in [3.05, 3.63) is 65.1 Å². The third-order valence-corrected chi connectivity index (χ3v) is 4.89. The molecule has 0 heterocycles. The quantitative estimate of drug-likeness (QED) is 0.833. The fourth-order valence-corrected chi connectivity index (χ4v) is 3.47. The van der Waals surface area contributed by atoms with Crippen molar-refractivity contribution in [3.8, 4) is 6.07 Å². The Hall–Kier alpha value is -2.67. The molecule has 0 aliphatic carbocycles. The van der Waals surface area contributed by atoms with Crippen LogP contribution in [0.15, 0.2) is 58.8 Å². The molecule has 2 aromatic rings. The fourth-order valence-electron chi connectivity index (χ4n) is 1.82. The Morgan fingerprint density at radius 2 is 1.62 bits per heavy atom. The van der Waals surface area contributed by atoms with Crippen molar-refractivity contribution in [3.63, 3.8) is 0 Å². The Labute approximate surface area is 140 Å². The summed E-state index contributed by atoms with van der Waals surface area (Å²) in [6.45, 7) is 0. The zero-order chi connectivity index (χ0) is 17.8. The molecule has 0 saturated heterocycles. The van der Waals surface area contributed by atoms with Crippen LogP contribution in [0.3, 0.4) is 0 Å². The van der Waals surface area contributed by atoms with E-state index in [0.29, 0.717) is 11.1 Å². The molecule has 0 aliphatic rings. The van der Waals surface area contributed by atoms with Crippen molar-refractivity contribution in [2.24, 2.45) is 5.14 Å². The fraction of sp³-hybridized carbons (Fsp3) is 0. The predicted octanol–water partition coefficient (Wildman–Crippen LogP) is 1.62. The van der Waals surface area contributed by atoms with Crippen molar-refractivity contribution in [1.82, 2.24) is 0 Å². The standard InChI is InChI=1S/C15H13N3O4S2/c16-11-13-7-5-12(6-8-13)9-10-23(19,20)18-14-3-1-2-4-15(14)24(17,21)22/h1-10,18H,(H2,17,21,22)/b10-9+. The molecule has 0 saturated carbocycles. The molecule has 0 spiro atoms. The van der Waals surface area contributed by atoms with Crippen molar-refractivity contribution >= 4 is 31.8 Å². The van der Waals surface area contributed by atoms with Gasteiger partial charge in [-0.05, 0) is 35.9 Å². The molecular formula is C15H13N3O4S2. The first-order valence-electron chi connectivity index (χ1n) is 6.54. The summed E-state index contributed by atoms with van der Waals surface area (Å²) >= 11 is 0. The normalized spacial score (nSPS) is 12.0. The van der Waals surface area contributed by atoms with Gasteiger partial charge in [-0.25, -0.2) is 22.0 Å². The second-order valence-electron chi connectivity index (χ2n) is 4.72. The summed E-state index contributed by atoms with van der Waals surface area (Å²) in [6, 6.07) is 13.7. The molecule has 0 radical (unpaired) electrons. The van der Waals surface area contributed by atoms with Gasteiger partial charge in [0.05, 0.1) is 22.7 Å². The van der Waals surface area contributed by atoms with Crippen molar-refractivity contribution in [1.29, 1.82) is 5.26 Å². The highest BCUT2D eigenvalue weighted by Crippen LogP contribution is 2.21.